The molecule has 0 amide bonds. The van der Waals surface area contributed by atoms with Gasteiger partial charge in [0.15, 0.2) is 0 Å². The summed E-state index contributed by atoms with van der Waals surface area (Å²) in [6.07, 6.45) is 1.05. The molecule has 0 aliphatic rings. The number of aromatic nitrogens is 2. The van der Waals surface area contributed by atoms with Crippen LogP contribution in [0.5, 0.6) is 11.5 Å². The number of nitrogens with one attached hydrogen (secondary N) is 1. The van der Waals surface area contributed by atoms with Crippen LogP contribution in [0.4, 0.5) is 11.4 Å². The number of ether oxygens (including phenoxy) is 2. The molecule has 30 heavy (non-hydrogen) atoms. The monoisotopic (exact) mass is 414 g/mol. The molecule has 0 aliphatic heterocycles. The number of aliphatic hydroxyl groups is 1. The summed E-state index contributed by atoms with van der Waals surface area (Å²) in [6.45, 7) is 0. The lowest BCUT2D eigenvalue weighted by atomic mass is 10.1. The van der Waals surface area contributed by atoms with E-state index in [-0.39, 0.29) is 33.8 Å². The molecule has 3 aromatic rings. The van der Waals surface area contributed by atoms with Gasteiger partial charge in [-0.25, -0.2) is 4.98 Å². The van der Waals surface area contributed by atoms with Crippen LogP contribution >= 0.6 is 0 Å². The Bertz CT molecular complexity index is 1270. The van der Waals surface area contributed by atoms with E-state index in [1.807, 2.05) is 0 Å². The first-order valence-electron chi connectivity index (χ1n) is 8.25. The van der Waals surface area contributed by atoms with Crippen molar-refractivity contribution in [1.82, 2.24) is 9.97 Å². The van der Waals surface area contributed by atoms with Gasteiger partial charge in [-0.1, -0.05) is 0 Å². The Labute approximate surface area is 167 Å². The van der Waals surface area contributed by atoms with Gasteiger partial charge in [-0.15, -0.1) is 0 Å². The fourth-order valence-corrected chi connectivity index (χ4v) is 2.73. The highest BCUT2D eigenvalue weighted by atomic mass is 16.6. The number of aliphatic hydroxyl groups excluding tert-OH is 1. The Morgan fingerprint density at radius 1 is 1.10 bits per heavy atom. The number of methoxy groups -OCH3 is 2. The van der Waals surface area contributed by atoms with Crippen LogP contribution < -0.4 is 15.0 Å². The average molecular weight is 414 g/mol. The molecule has 1 aromatic heterocycles. The standard InChI is InChI=1S/C18H14N4O8/c1-29-9-3-4-10(17(5-9)30-2)16(23)8-13-18(24)20-12-7-15(22(27)28)14(21(25)26)6-11(12)19-13/h3-8,23H,1-2H3,(H,20,24). The molecule has 2 aromatic carbocycles. The van der Waals surface area contributed by atoms with E-state index < -0.39 is 26.8 Å². The lowest BCUT2D eigenvalue weighted by Crippen LogP contribution is -2.12. The molecule has 0 aliphatic carbocycles. The molecule has 1 heterocycles. The van der Waals surface area contributed by atoms with Crippen molar-refractivity contribution in [1.29, 1.82) is 0 Å². The molecular formula is C18H14N4O8. The van der Waals surface area contributed by atoms with E-state index in [2.05, 4.69) is 9.97 Å². The molecule has 0 spiro atoms. The molecular weight excluding hydrogens is 400 g/mol. The molecule has 12 nitrogen and oxygen atoms in total. The van der Waals surface area contributed by atoms with Gasteiger partial charge in [0, 0.05) is 18.2 Å². The molecule has 0 atom stereocenters. The number of rotatable bonds is 6. The Morgan fingerprint density at radius 2 is 1.77 bits per heavy atom. The molecule has 154 valence electrons. The third kappa shape index (κ3) is 3.73. The van der Waals surface area contributed by atoms with Crippen LogP contribution in [0, 0.1) is 20.2 Å². The van der Waals surface area contributed by atoms with Crippen molar-refractivity contribution in [3.05, 3.63) is 72.2 Å². The van der Waals surface area contributed by atoms with Crippen LogP contribution in [0.3, 0.4) is 0 Å². The highest BCUT2D eigenvalue weighted by Gasteiger charge is 2.26. The maximum atomic E-state index is 12.3. The van der Waals surface area contributed by atoms with Gasteiger partial charge >= 0.3 is 11.4 Å². The van der Waals surface area contributed by atoms with Gasteiger partial charge in [0.1, 0.15) is 23.0 Å². The number of hydrogen-bond donors (Lipinski definition) is 2. The second kappa shape index (κ2) is 7.87. The van der Waals surface area contributed by atoms with Crippen molar-refractivity contribution in [3.8, 4) is 11.5 Å². The fraction of sp³-hybridized carbons (Fsp3) is 0.111. The number of fused-ring (bicyclic) bond motifs is 1. The lowest BCUT2D eigenvalue weighted by molar-refractivity contribution is -0.422. The maximum absolute atomic E-state index is 12.3. The van der Waals surface area contributed by atoms with Crippen molar-refractivity contribution < 1.29 is 24.4 Å². The van der Waals surface area contributed by atoms with E-state index in [9.17, 15) is 30.1 Å². The Morgan fingerprint density at radius 3 is 2.37 bits per heavy atom. The highest BCUT2D eigenvalue weighted by Crippen LogP contribution is 2.31. The minimum Gasteiger partial charge on any atom is -0.507 e. The van der Waals surface area contributed by atoms with Gasteiger partial charge in [-0.3, -0.25) is 25.0 Å². The third-order valence-electron chi connectivity index (χ3n) is 4.17. The number of aromatic amines is 1. The van der Waals surface area contributed by atoms with Gasteiger partial charge in [-0.05, 0) is 12.1 Å². The van der Waals surface area contributed by atoms with Gasteiger partial charge in [0.25, 0.3) is 5.56 Å². The van der Waals surface area contributed by atoms with Gasteiger partial charge < -0.3 is 19.6 Å². The van der Waals surface area contributed by atoms with Crippen LogP contribution in [0.2, 0.25) is 0 Å². The largest absolute Gasteiger partial charge is 0.507 e. The number of nitro benzene ring substituents is 2. The second-order valence-electron chi connectivity index (χ2n) is 5.92. The van der Waals surface area contributed by atoms with E-state index in [0.29, 0.717) is 5.75 Å². The molecule has 0 unspecified atom stereocenters. The van der Waals surface area contributed by atoms with E-state index in [4.69, 9.17) is 9.47 Å². The van der Waals surface area contributed by atoms with E-state index in [1.165, 1.54) is 26.4 Å². The first kappa shape index (κ1) is 20.3. The molecule has 2 N–H and O–H groups in total. The number of H-pyrrole nitrogens is 1. The molecule has 0 radical (unpaired) electrons. The molecule has 3 rings (SSSR count). The summed E-state index contributed by atoms with van der Waals surface area (Å²) in [7, 11) is 2.85. The zero-order valence-corrected chi connectivity index (χ0v) is 15.6. The van der Waals surface area contributed by atoms with E-state index in [1.54, 1.807) is 6.07 Å². The van der Waals surface area contributed by atoms with E-state index in [0.717, 1.165) is 18.2 Å². The summed E-state index contributed by atoms with van der Waals surface area (Å²) in [6, 6.07) is 6.35. The normalized spacial score (nSPS) is 11.3. The summed E-state index contributed by atoms with van der Waals surface area (Å²) >= 11 is 0. The Balaban J connectivity index is 2.16. The van der Waals surface area contributed by atoms with Crippen molar-refractivity contribution in [2.75, 3.05) is 14.2 Å². The molecule has 0 fully saturated rings. The number of nitro groups is 2. The molecule has 12 heteroatoms. The molecule has 0 saturated carbocycles. The van der Waals surface area contributed by atoms with Crippen molar-refractivity contribution >= 4 is 34.2 Å². The van der Waals surface area contributed by atoms with Gasteiger partial charge in [0.2, 0.25) is 0 Å². The highest BCUT2D eigenvalue weighted by molar-refractivity contribution is 5.84. The minimum absolute atomic E-state index is 0.0593. The maximum Gasteiger partial charge on any atom is 0.348 e. The first-order valence-corrected chi connectivity index (χ1v) is 8.25. The van der Waals surface area contributed by atoms with Crippen LogP contribution in [-0.2, 0) is 0 Å². The smallest absolute Gasteiger partial charge is 0.348 e. The predicted octanol–water partition coefficient (Wildman–Crippen LogP) is 2.81. The lowest BCUT2D eigenvalue weighted by Gasteiger charge is -2.09. The molecule has 0 bridgehead atoms. The van der Waals surface area contributed by atoms with Gasteiger partial charge in [0.05, 0.1) is 46.7 Å². The zero-order chi connectivity index (χ0) is 22.0. The first-order chi connectivity index (χ1) is 14.2. The minimum atomic E-state index is -0.925. The summed E-state index contributed by atoms with van der Waals surface area (Å²) in [4.78, 5) is 39.0. The van der Waals surface area contributed by atoms with Crippen molar-refractivity contribution in [2.24, 2.45) is 0 Å². The fourth-order valence-electron chi connectivity index (χ4n) is 2.73. The summed E-state index contributed by atoms with van der Waals surface area (Å²) in [5, 5.41) is 32.6. The van der Waals surface area contributed by atoms with E-state index >= 15 is 0 Å². The average Bonchev–Trinajstić information content (AvgIpc) is 2.72. The number of benzene rings is 2. The van der Waals surface area contributed by atoms with Crippen molar-refractivity contribution in [3.63, 3.8) is 0 Å². The summed E-state index contributed by atoms with van der Waals surface area (Å²) in [5.41, 5.74) is -2.45. The number of nitrogens with zero attached hydrogens (tertiary/aromatic N) is 3. The van der Waals surface area contributed by atoms with Crippen LogP contribution in [0.15, 0.2) is 35.1 Å². The van der Waals surface area contributed by atoms with Crippen LogP contribution in [0.25, 0.3) is 22.9 Å². The summed E-state index contributed by atoms with van der Waals surface area (Å²) in [5.74, 6) is 0.397. The third-order valence-corrected chi connectivity index (χ3v) is 4.17. The second-order valence-corrected chi connectivity index (χ2v) is 5.92. The number of hydrogen-bond acceptors (Lipinski definition) is 9. The Kier molecular flexibility index (Phi) is 5.31. The Hall–Kier alpha value is -4.48. The zero-order valence-electron chi connectivity index (χ0n) is 15.6. The van der Waals surface area contributed by atoms with Crippen LogP contribution in [0.1, 0.15) is 11.3 Å². The molecule has 0 saturated heterocycles. The van der Waals surface area contributed by atoms with Gasteiger partial charge in [-0.2, -0.15) is 0 Å². The predicted molar refractivity (Wildman–Crippen MR) is 106 cm³/mol. The SMILES string of the molecule is COc1ccc(C(O)=Cc2nc3cc([N+](=O)[O-])c([N+](=O)[O-])cc3[nH]c2=O)c(OC)c1. The quantitative estimate of drug-likeness (QED) is 0.349. The van der Waals surface area contributed by atoms with Crippen LogP contribution in [-0.4, -0.2) is 39.1 Å². The van der Waals surface area contributed by atoms with Crippen molar-refractivity contribution in [2.45, 2.75) is 0 Å². The summed E-state index contributed by atoms with van der Waals surface area (Å²) < 4.78 is 10.3. The topological polar surface area (TPSA) is 171 Å².